The summed E-state index contributed by atoms with van der Waals surface area (Å²) in [6.07, 6.45) is 3.75. The Morgan fingerprint density at radius 1 is 1.03 bits per heavy atom. The third-order valence-electron chi connectivity index (χ3n) is 5.08. The summed E-state index contributed by atoms with van der Waals surface area (Å²) < 4.78 is 19.5. The van der Waals surface area contributed by atoms with Crippen molar-refractivity contribution >= 4 is 17.5 Å². The zero-order chi connectivity index (χ0) is 20.6. The minimum atomic E-state index is -0.867. The third kappa shape index (κ3) is 5.34. The van der Waals surface area contributed by atoms with Gasteiger partial charge in [0.1, 0.15) is 0 Å². The van der Waals surface area contributed by atoms with E-state index in [1.807, 2.05) is 4.90 Å². The van der Waals surface area contributed by atoms with Crippen molar-refractivity contribution in [1.82, 2.24) is 4.90 Å². The van der Waals surface area contributed by atoms with E-state index in [4.69, 9.17) is 4.74 Å². The molecule has 1 unspecified atom stereocenters. The molecule has 154 valence electrons. The lowest BCUT2D eigenvalue weighted by Crippen LogP contribution is -2.35. The van der Waals surface area contributed by atoms with Crippen LogP contribution in [0.15, 0.2) is 48.5 Å². The molecule has 1 heterocycles. The molecule has 0 bridgehead atoms. The number of benzene rings is 2. The quantitative estimate of drug-likeness (QED) is 0.771. The first kappa shape index (κ1) is 20.8. The van der Waals surface area contributed by atoms with E-state index < -0.39 is 17.8 Å². The lowest BCUT2D eigenvalue weighted by atomic mass is 10.1. The van der Waals surface area contributed by atoms with E-state index in [9.17, 15) is 14.0 Å². The maximum Gasteiger partial charge on any atom is 0.265 e. The molecular formula is C23H27FN2O3. The van der Waals surface area contributed by atoms with Gasteiger partial charge in [0, 0.05) is 13.1 Å². The second-order valence-corrected chi connectivity index (χ2v) is 7.19. The van der Waals surface area contributed by atoms with E-state index in [1.165, 1.54) is 12.1 Å². The fourth-order valence-electron chi connectivity index (χ4n) is 3.45. The number of ether oxygens (including phenoxy) is 1. The Hall–Kier alpha value is -2.89. The third-order valence-corrected chi connectivity index (χ3v) is 5.08. The predicted octanol–water partition coefficient (Wildman–Crippen LogP) is 4.64. The van der Waals surface area contributed by atoms with E-state index in [0.717, 1.165) is 38.8 Å². The summed E-state index contributed by atoms with van der Waals surface area (Å²) >= 11 is 0. The molecular weight excluding hydrogens is 371 g/mol. The van der Waals surface area contributed by atoms with Crippen LogP contribution in [0.3, 0.4) is 0 Å². The lowest BCUT2D eigenvalue weighted by molar-refractivity contribution is -0.122. The molecule has 1 aliphatic heterocycles. The van der Waals surface area contributed by atoms with Crippen LogP contribution in [-0.4, -0.2) is 35.9 Å². The molecule has 2 aromatic carbocycles. The molecule has 0 radical (unpaired) electrons. The number of carbonyl (C=O) groups excluding carboxylic acids is 2. The van der Waals surface area contributed by atoms with Crippen molar-refractivity contribution in [3.8, 4) is 5.75 Å². The average Bonchev–Trinajstić information content (AvgIpc) is 3.02. The number of nitrogens with zero attached hydrogens (tertiary/aromatic N) is 1. The largest absolute Gasteiger partial charge is 0.478 e. The van der Waals surface area contributed by atoms with E-state index in [1.54, 1.807) is 43.3 Å². The van der Waals surface area contributed by atoms with Crippen molar-refractivity contribution in [1.29, 1.82) is 0 Å². The van der Waals surface area contributed by atoms with E-state index in [2.05, 4.69) is 5.32 Å². The second kappa shape index (κ2) is 10.0. The molecule has 3 rings (SSSR count). The van der Waals surface area contributed by atoms with Gasteiger partial charge in [0.15, 0.2) is 17.7 Å². The van der Waals surface area contributed by atoms with Crippen molar-refractivity contribution < 1.29 is 18.7 Å². The first-order chi connectivity index (χ1) is 14.1. The van der Waals surface area contributed by atoms with Crippen molar-refractivity contribution in [3.63, 3.8) is 0 Å². The molecule has 29 heavy (non-hydrogen) atoms. The normalized spacial score (nSPS) is 15.3. The van der Waals surface area contributed by atoms with Gasteiger partial charge < -0.3 is 15.0 Å². The van der Waals surface area contributed by atoms with E-state index in [0.29, 0.717) is 17.7 Å². The number of para-hydroxylation sites is 2. The van der Waals surface area contributed by atoms with Crippen molar-refractivity contribution in [2.24, 2.45) is 0 Å². The van der Waals surface area contributed by atoms with Gasteiger partial charge in [0.25, 0.3) is 11.8 Å². The fraction of sp³-hybridized carbons (Fsp3) is 0.391. The average molecular weight is 398 g/mol. The van der Waals surface area contributed by atoms with Crippen LogP contribution < -0.4 is 10.1 Å². The minimum Gasteiger partial charge on any atom is -0.478 e. The van der Waals surface area contributed by atoms with E-state index in [-0.39, 0.29) is 11.7 Å². The smallest absolute Gasteiger partial charge is 0.265 e. The SMILES string of the molecule is CCC(Oc1ccccc1F)C(=O)Nc1ccccc1C(=O)N1CCCCCC1. The van der Waals surface area contributed by atoms with Gasteiger partial charge in [-0.25, -0.2) is 4.39 Å². The van der Waals surface area contributed by atoms with Crippen molar-refractivity contribution in [2.45, 2.75) is 45.1 Å². The summed E-state index contributed by atoms with van der Waals surface area (Å²) in [6, 6.07) is 13.0. The van der Waals surface area contributed by atoms with Crippen LogP contribution in [0.2, 0.25) is 0 Å². The summed E-state index contributed by atoms with van der Waals surface area (Å²) in [7, 11) is 0. The van der Waals surface area contributed by atoms with Gasteiger partial charge in [-0.1, -0.05) is 44.0 Å². The number of hydrogen-bond donors (Lipinski definition) is 1. The van der Waals surface area contributed by atoms with Crippen LogP contribution >= 0.6 is 0 Å². The van der Waals surface area contributed by atoms with Crippen LogP contribution in [0, 0.1) is 5.82 Å². The molecule has 5 nitrogen and oxygen atoms in total. The van der Waals surface area contributed by atoms with Gasteiger partial charge in [-0.15, -0.1) is 0 Å². The molecule has 6 heteroatoms. The molecule has 1 atom stereocenters. The van der Waals surface area contributed by atoms with Gasteiger partial charge >= 0.3 is 0 Å². The Morgan fingerprint density at radius 2 is 1.69 bits per heavy atom. The highest BCUT2D eigenvalue weighted by Crippen LogP contribution is 2.22. The maximum atomic E-state index is 13.9. The summed E-state index contributed by atoms with van der Waals surface area (Å²) in [5, 5.41) is 2.80. The number of halogens is 1. The Morgan fingerprint density at radius 3 is 2.38 bits per heavy atom. The Balaban J connectivity index is 1.74. The topological polar surface area (TPSA) is 58.6 Å². The van der Waals surface area contributed by atoms with Crippen LogP contribution in [0.4, 0.5) is 10.1 Å². The number of amides is 2. The molecule has 0 saturated carbocycles. The Kier molecular flexibility index (Phi) is 7.22. The molecule has 0 aromatic heterocycles. The van der Waals surface area contributed by atoms with Crippen LogP contribution in [-0.2, 0) is 4.79 Å². The number of anilines is 1. The van der Waals surface area contributed by atoms with Crippen LogP contribution in [0.1, 0.15) is 49.4 Å². The van der Waals surface area contributed by atoms with Crippen molar-refractivity contribution in [3.05, 3.63) is 59.9 Å². The van der Waals surface area contributed by atoms with Crippen LogP contribution in [0.25, 0.3) is 0 Å². The summed E-state index contributed by atoms with van der Waals surface area (Å²) in [4.78, 5) is 27.7. The number of carbonyl (C=O) groups is 2. The van der Waals surface area contributed by atoms with E-state index >= 15 is 0 Å². The first-order valence-corrected chi connectivity index (χ1v) is 10.2. The number of rotatable bonds is 6. The molecule has 1 N–H and O–H groups in total. The van der Waals surface area contributed by atoms with Crippen LogP contribution in [0.5, 0.6) is 5.75 Å². The van der Waals surface area contributed by atoms with Gasteiger partial charge in [-0.3, -0.25) is 9.59 Å². The van der Waals surface area contributed by atoms with Gasteiger partial charge in [-0.2, -0.15) is 0 Å². The molecule has 0 spiro atoms. The molecule has 1 aliphatic rings. The Bertz CT molecular complexity index is 848. The fourth-order valence-corrected chi connectivity index (χ4v) is 3.45. The van der Waals surface area contributed by atoms with Crippen molar-refractivity contribution in [2.75, 3.05) is 18.4 Å². The second-order valence-electron chi connectivity index (χ2n) is 7.19. The highest BCUT2D eigenvalue weighted by Gasteiger charge is 2.24. The summed E-state index contributed by atoms with van der Waals surface area (Å²) in [5.74, 6) is -0.975. The standard InChI is InChI=1S/C23H27FN2O3/c1-2-20(29-21-14-8-6-12-18(21)24)22(27)25-19-13-7-5-11-17(19)23(28)26-15-9-3-4-10-16-26/h5-8,11-14,20H,2-4,9-10,15-16H2,1H3,(H,25,27). The lowest BCUT2D eigenvalue weighted by Gasteiger charge is -2.23. The summed E-state index contributed by atoms with van der Waals surface area (Å²) in [6.45, 7) is 3.25. The van der Waals surface area contributed by atoms with Gasteiger partial charge in [0.2, 0.25) is 0 Å². The number of nitrogens with one attached hydrogen (secondary N) is 1. The highest BCUT2D eigenvalue weighted by molar-refractivity contribution is 6.04. The predicted molar refractivity (Wildman–Crippen MR) is 111 cm³/mol. The molecule has 0 aliphatic carbocycles. The van der Waals surface area contributed by atoms with Gasteiger partial charge in [0.05, 0.1) is 11.3 Å². The molecule has 2 aromatic rings. The molecule has 2 amide bonds. The van der Waals surface area contributed by atoms with Gasteiger partial charge in [-0.05, 0) is 43.5 Å². The first-order valence-electron chi connectivity index (χ1n) is 10.2. The monoisotopic (exact) mass is 398 g/mol. The molecule has 1 saturated heterocycles. The Labute approximate surface area is 170 Å². The molecule has 1 fully saturated rings. The number of hydrogen-bond acceptors (Lipinski definition) is 3. The highest BCUT2D eigenvalue weighted by atomic mass is 19.1. The zero-order valence-corrected chi connectivity index (χ0v) is 16.7. The minimum absolute atomic E-state index is 0.0310. The number of likely N-dealkylation sites (tertiary alicyclic amines) is 1. The maximum absolute atomic E-state index is 13.9. The summed E-state index contributed by atoms with van der Waals surface area (Å²) in [5.41, 5.74) is 0.908. The zero-order valence-electron chi connectivity index (χ0n) is 16.7.